The predicted molar refractivity (Wildman–Crippen MR) is 90.8 cm³/mol. The van der Waals surface area contributed by atoms with Gasteiger partial charge in [-0.15, -0.1) is 0 Å². The van der Waals surface area contributed by atoms with Crippen LogP contribution < -0.4 is 10.6 Å². The summed E-state index contributed by atoms with van der Waals surface area (Å²) in [5, 5.41) is 14.5. The molecule has 0 spiro atoms. The van der Waals surface area contributed by atoms with Crippen LogP contribution in [0.15, 0.2) is 24.3 Å². The molecule has 1 aliphatic carbocycles. The number of nitrogens with one attached hydrogen (secondary N) is 2. The van der Waals surface area contributed by atoms with Crippen molar-refractivity contribution in [3.05, 3.63) is 29.8 Å². The number of unbranched alkanes of at least 4 members (excludes halogenated alkanes) is 1. The summed E-state index contributed by atoms with van der Waals surface area (Å²) in [7, 11) is 0. The van der Waals surface area contributed by atoms with Gasteiger partial charge in [-0.05, 0) is 43.0 Å². The molecule has 1 saturated carbocycles. The highest BCUT2D eigenvalue weighted by atomic mass is 16.4. The van der Waals surface area contributed by atoms with E-state index in [0.29, 0.717) is 23.6 Å². The lowest BCUT2D eigenvalue weighted by Crippen LogP contribution is -2.40. The second kappa shape index (κ2) is 7.95. The summed E-state index contributed by atoms with van der Waals surface area (Å²) in [4.78, 5) is 35.2. The zero-order valence-electron chi connectivity index (χ0n) is 14.0. The fraction of sp³-hybridized carbons (Fsp3) is 0.500. The highest BCUT2D eigenvalue weighted by Crippen LogP contribution is 2.38. The van der Waals surface area contributed by atoms with Crippen molar-refractivity contribution >= 4 is 23.5 Å². The Balaban J connectivity index is 1.92. The number of benzene rings is 1. The fourth-order valence-corrected chi connectivity index (χ4v) is 2.53. The lowest BCUT2D eigenvalue weighted by Gasteiger charge is -2.14. The third-order valence-electron chi connectivity index (χ3n) is 4.31. The first kappa shape index (κ1) is 18.0. The van der Waals surface area contributed by atoms with E-state index in [1.54, 1.807) is 24.3 Å². The van der Waals surface area contributed by atoms with Crippen molar-refractivity contribution in [3.8, 4) is 0 Å². The first-order chi connectivity index (χ1) is 11.4. The molecule has 1 aliphatic rings. The molecule has 0 radical (unpaired) electrons. The number of carboxylic acids is 1. The van der Waals surface area contributed by atoms with Crippen molar-refractivity contribution in [1.82, 2.24) is 5.32 Å². The molecule has 0 aliphatic heterocycles. The molecule has 6 heteroatoms. The summed E-state index contributed by atoms with van der Waals surface area (Å²) in [6, 6.07) is 5.59. The lowest BCUT2D eigenvalue weighted by atomic mass is 10.1. The average molecular weight is 332 g/mol. The van der Waals surface area contributed by atoms with E-state index in [-0.39, 0.29) is 11.8 Å². The summed E-state index contributed by atoms with van der Waals surface area (Å²) >= 11 is 0. The Labute approximate surface area is 141 Å². The molecule has 2 amide bonds. The summed E-state index contributed by atoms with van der Waals surface area (Å²) in [6.07, 6.45) is 2.93. The van der Waals surface area contributed by atoms with Crippen molar-refractivity contribution in [2.75, 3.05) is 5.32 Å². The minimum absolute atomic E-state index is 0.00482. The van der Waals surface area contributed by atoms with Gasteiger partial charge in [0.1, 0.15) is 6.04 Å². The summed E-state index contributed by atoms with van der Waals surface area (Å²) < 4.78 is 0. The number of rotatable bonds is 8. The Morgan fingerprint density at radius 1 is 1.25 bits per heavy atom. The zero-order chi connectivity index (χ0) is 17.7. The SMILES string of the molecule is CCCC[C@H](NC(=O)c1ccc(NC(=O)C2CC2C)cc1)C(=O)O. The summed E-state index contributed by atoms with van der Waals surface area (Å²) in [5.74, 6) is -0.925. The van der Waals surface area contributed by atoms with E-state index in [4.69, 9.17) is 5.11 Å². The Morgan fingerprint density at radius 2 is 1.88 bits per heavy atom. The Kier molecular flexibility index (Phi) is 5.95. The van der Waals surface area contributed by atoms with Crippen LogP contribution in [0.5, 0.6) is 0 Å². The van der Waals surface area contributed by atoms with Crippen molar-refractivity contribution in [2.24, 2.45) is 11.8 Å². The minimum Gasteiger partial charge on any atom is -0.480 e. The van der Waals surface area contributed by atoms with Crippen LogP contribution in [0.2, 0.25) is 0 Å². The normalized spacial score (nSPS) is 20.1. The van der Waals surface area contributed by atoms with Gasteiger partial charge in [0.05, 0.1) is 0 Å². The Hall–Kier alpha value is -2.37. The molecule has 0 aromatic heterocycles. The lowest BCUT2D eigenvalue weighted by molar-refractivity contribution is -0.139. The molecule has 0 bridgehead atoms. The van der Waals surface area contributed by atoms with Gasteiger partial charge in [-0.1, -0.05) is 26.7 Å². The second-order valence-electron chi connectivity index (χ2n) is 6.39. The minimum atomic E-state index is -1.03. The number of carbonyl (C=O) groups excluding carboxylic acids is 2. The van der Waals surface area contributed by atoms with Gasteiger partial charge in [0.25, 0.3) is 5.91 Å². The molecular weight excluding hydrogens is 308 g/mol. The maximum Gasteiger partial charge on any atom is 0.326 e. The molecule has 3 atom stereocenters. The van der Waals surface area contributed by atoms with E-state index in [9.17, 15) is 14.4 Å². The predicted octanol–water partition coefficient (Wildman–Crippen LogP) is 2.65. The number of aliphatic carboxylic acids is 1. The number of anilines is 1. The van der Waals surface area contributed by atoms with Crippen molar-refractivity contribution in [3.63, 3.8) is 0 Å². The highest BCUT2D eigenvalue weighted by molar-refractivity contribution is 5.98. The molecular formula is C18H24N2O4. The molecule has 0 heterocycles. The van der Waals surface area contributed by atoms with Gasteiger partial charge in [0.2, 0.25) is 5.91 Å². The monoisotopic (exact) mass is 332 g/mol. The van der Waals surface area contributed by atoms with Crippen LogP contribution in [-0.4, -0.2) is 28.9 Å². The van der Waals surface area contributed by atoms with Crippen LogP contribution in [0.25, 0.3) is 0 Å². The quantitative estimate of drug-likeness (QED) is 0.682. The van der Waals surface area contributed by atoms with Crippen molar-refractivity contribution in [2.45, 2.75) is 45.6 Å². The van der Waals surface area contributed by atoms with Gasteiger partial charge in [0, 0.05) is 17.2 Å². The Morgan fingerprint density at radius 3 is 2.38 bits per heavy atom. The number of carboxylic acid groups (broad SMARTS) is 1. The maximum absolute atomic E-state index is 12.2. The molecule has 1 fully saturated rings. The summed E-state index contributed by atoms with van der Waals surface area (Å²) in [6.45, 7) is 4.01. The largest absolute Gasteiger partial charge is 0.480 e. The molecule has 0 saturated heterocycles. The molecule has 24 heavy (non-hydrogen) atoms. The fourth-order valence-electron chi connectivity index (χ4n) is 2.53. The first-order valence-corrected chi connectivity index (χ1v) is 8.37. The van der Waals surface area contributed by atoms with Gasteiger partial charge in [0.15, 0.2) is 0 Å². The molecule has 2 unspecified atom stereocenters. The topological polar surface area (TPSA) is 95.5 Å². The van der Waals surface area contributed by atoms with E-state index in [1.807, 2.05) is 13.8 Å². The number of hydrogen-bond donors (Lipinski definition) is 3. The van der Waals surface area contributed by atoms with Gasteiger partial charge in [-0.25, -0.2) is 4.79 Å². The van der Waals surface area contributed by atoms with E-state index in [2.05, 4.69) is 10.6 Å². The maximum atomic E-state index is 12.2. The van der Waals surface area contributed by atoms with E-state index >= 15 is 0 Å². The van der Waals surface area contributed by atoms with Crippen LogP contribution in [0.4, 0.5) is 5.69 Å². The summed E-state index contributed by atoms with van der Waals surface area (Å²) in [5.41, 5.74) is 1.01. The number of amides is 2. The van der Waals surface area contributed by atoms with Gasteiger partial charge < -0.3 is 15.7 Å². The van der Waals surface area contributed by atoms with Crippen LogP contribution in [-0.2, 0) is 9.59 Å². The van der Waals surface area contributed by atoms with E-state index in [0.717, 1.165) is 19.3 Å². The zero-order valence-corrected chi connectivity index (χ0v) is 14.0. The van der Waals surface area contributed by atoms with Crippen LogP contribution >= 0.6 is 0 Å². The standard InChI is InChI=1S/C18H24N2O4/c1-3-4-5-15(18(23)24)20-16(21)12-6-8-13(9-7-12)19-17(22)14-10-11(14)2/h6-9,11,14-15H,3-5,10H2,1-2H3,(H,19,22)(H,20,21)(H,23,24)/t11?,14?,15-/m0/s1. The van der Waals surface area contributed by atoms with Crippen LogP contribution in [0, 0.1) is 11.8 Å². The molecule has 6 nitrogen and oxygen atoms in total. The second-order valence-corrected chi connectivity index (χ2v) is 6.39. The van der Waals surface area contributed by atoms with Crippen molar-refractivity contribution < 1.29 is 19.5 Å². The smallest absolute Gasteiger partial charge is 0.326 e. The first-order valence-electron chi connectivity index (χ1n) is 8.37. The molecule has 3 N–H and O–H groups in total. The molecule has 1 aromatic rings. The Bertz CT molecular complexity index is 612. The number of hydrogen-bond acceptors (Lipinski definition) is 3. The van der Waals surface area contributed by atoms with Crippen LogP contribution in [0.3, 0.4) is 0 Å². The third-order valence-corrected chi connectivity index (χ3v) is 4.31. The van der Waals surface area contributed by atoms with Crippen molar-refractivity contribution in [1.29, 1.82) is 0 Å². The third kappa shape index (κ3) is 4.81. The average Bonchev–Trinajstić information content (AvgIpc) is 3.28. The van der Waals surface area contributed by atoms with Gasteiger partial charge in [-0.3, -0.25) is 9.59 Å². The van der Waals surface area contributed by atoms with Gasteiger partial charge >= 0.3 is 5.97 Å². The van der Waals surface area contributed by atoms with Crippen LogP contribution in [0.1, 0.15) is 49.9 Å². The van der Waals surface area contributed by atoms with E-state index < -0.39 is 17.9 Å². The molecule has 1 aromatic carbocycles. The number of carbonyl (C=O) groups is 3. The van der Waals surface area contributed by atoms with Gasteiger partial charge in [-0.2, -0.15) is 0 Å². The molecule has 130 valence electrons. The highest BCUT2D eigenvalue weighted by Gasteiger charge is 2.39. The molecule has 2 rings (SSSR count). The van der Waals surface area contributed by atoms with E-state index in [1.165, 1.54) is 0 Å².